The summed E-state index contributed by atoms with van der Waals surface area (Å²) in [6.07, 6.45) is 0.989. The lowest BCUT2D eigenvalue weighted by molar-refractivity contribution is 1.17. The molecular weight excluding hydrogens is 1510 g/mol. The first-order chi connectivity index (χ1) is 45.7. The van der Waals surface area contributed by atoms with Crippen LogP contribution in [-0.4, -0.2) is 13.7 Å². The molecule has 0 saturated carbocycles. The van der Waals surface area contributed by atoms with Gasteiger partial charge in [0.1, 0.15) is 0 Å². The maximum atomic E-state index is 3.75. The number of rotatable bonds is 7. The summed E-state index contributed by atoms with van der Waals surface area (Å²) in [5, 5.41) is 7.67. The number of hydrogen-bond acceptors (Lipinski definition) is 0. The molecule has 0 unspecified atom stereocenters. The molecule has 0 aliphatic heterocycles. The van der Waals surface area contributed by atoms with E-state index in [1.807, 2.05) is 6.07 Å². The highest BCUT2D eigenvalue weighted by Gasteiger charge is 2.25. The van der Waals surface area contributed by atoms with Gasteiger partial charge in [-0.15, -0.1) is 0 Å². The van der Waals surface area contributed by atoms with Crippen molar-refractivity contribution in [2.75, 3.05) is 0 Å². The van der Waals surface area contributed by atoms with Crippen LogP contribution in [0, 0.1) is 3.57 Å². The fourth-order valence-electron chi connectivity index (χ4n) is 13.9. The van der Waals surface area contributed by atoms with E-state index < -0.39 is 0 Å². The van der Waals surface area contributed by atoms with Gasteiger partial charge in [-0.05, 0) is 199 Å². The van der Waals surface area contributed by atoms with Crippen LogP contribution in [0.25, 0.3) is 138 Å². The van der Waals surface area contributed by atoms with Gasteiger partial charge in [0.2, 0.25) is 0 Å². The summed E-state index contributed by atoms with van der Waals surface area (Å²) in [5.74, 6) is 0. The van der Waals surface area contributed by atoms with Gasteiger partial charge >= 0.3 is 0 Å². The Morgan fingerprint density at radius 1 is 0.258 bits per heavy atom. The summed E-state index contributed by atoms with van der Waals surface area (Å²) in [6, 6.07) is 114. The van der Waals surface area contributed by atoms with Gasteiger partial charge in [-0.3, -0.25) is 0 Å². The van der Waals surface area contributed by atoms with E-state index in [0.29, 0.717) is 0 Å². The van der Waals surface area contributed by atoms with E-state index >= 15 is 0 Å². The van der Waals surface area contributed by atoms with Gasteiger partial charge < -0.3 is 13.7 Å². The Bertz CT molecular complexity index is 5680. The highest BCUT2D eigenvalue weighted by Crippen LogP contribution is 2.46. The second-order valence-electron chi connectivity index (χ2n) is 23.4. The van der Waals surface area contributed by atoms with Crippen molar-refractivity contribution in [2.45, 2.75) is 6.42 Å². The molecule has 3 heterocycles. The third-order valence-corrected chi connectivity index (χ3v) is 20.3. The Labute approximate surface area is 586 Å². The molecular formula is C85H54Br4IN3. The van der Waals surface area contributed by atoms with Crippen molar-refractivity contribution in [3.63, 3.8) is 0 Å². The topological polar surface area (TPSA) is 14.8 Å². The number of aromatic nitrogens is 3. The number of fused-ring (bicyclic) bond motifs is 14. The van der Waals surface area contributed by atoms with Crippen LogP contribution in [0.4, 0.5) is 0 Å². The van der Waals surface area contributed by atoms with Gasteiger partial charge in [0.05, 0.1) is 33.1 Å². The molecule has 444 valence electrons. The standard InChI is InChI=1S/C42H26Br2N2.C37H25N.C6H3Br2I/c43-31-24-32(44)26-34(25-31)46-38-18-6-4-16-35(38)36-20-21-40-41(42(36)46)37-17-5-7-19-39(37)45(40)33-15-9-14-30(23-33)29-13-8-12-28(22-29)27-10-2-1-3-11-27;1-2-10-25(11-3-1)26-13-8-14-27(22-26)28-15-9-16-30(23-28)38-35-19-7-6-18-33(35)37-34-24-29-12-4-5-17-31(29)32(34)20-21-36(37)38;7-4-1-5(8)3-6(9)2-4/h1-26H;1-23H,24H2;1-3H. The van der Waals surface area contributed by atoms with Crippen LogP contribution in [0.2, 0.25) is 0 Å². The first-order valence-electron chi connectivity index (χ1n) is 30.9. The number of benzene rings is 14. The van der Waals surface area contributed by atoms with E-state index in [4.69, 9.17) is 0 Å². The lowest BCUT2D eigenvalue weighted by Crippen LogP contribution is -1.96. The fourth-order valence-corrected chi connectivity index (χ4v) is 18.0. The molecule has 0 N–H and O–H groups in total. The minimum absolute atomic E-state index is 0.989. The fraction of sp³-hybridized carbons (Fsp3) is 0.0118. The predicted molar refractivity (Wildman–Crippen MR) is 416 cm³/mol. The zero-order valence-electron chi connectivity index (χ0n) is 50.0. The average molecular weight is 1560 g/mol. The quantitative estimate of drug-likeness (QED) is 0.141. The Morgan fingerprint density at radius 2 is 0.667 bits per heavy atom. The van der Waals surface area contributed by atoms with Crippen molar-refractivity contribution >= 4 is 152 Å². The number of halogens is 5. The molecule has 0 atom stereocenters. The van der Waals surface area contributed by atoms with Crippen LogP contribution < -0.4 is 0 Å². The molecule has 0 radical (unpaired) electrons. The zero-order chi connectivity index (χ0) is 62.7. The van der Waals surface area contributed by atoms with Gasteiger partial charge in [0.25, 0.3) is 0 Å². The molecule has 3 aromatic heterocycles. The molecule has 8 heteroatoms. The molecule has 0 bridgehead atoms. The van der Waals surface area contributed by atoms with E-state index in [0.717, 1.165) is 35.7 Å². The molecule has 18 rings (SSSR count). The summed E-state index contributed by atoms with van der Waals surface area (Å²) in [7, 11) is 0. The molecule has 0 spiro atoms. The summed E-state index contributed by atoms with van der Waals surface area (Å²) in [6.45, 7) is 0. The third-order valence-electron chi connectivity index (χ3n) is 17.8. The molecule has 17 aromatic rings. The molecule has 0 amide bonds. The average Bonchev–Trinajstić information content (AvgIpc) is 1.56. The normalized spacial score (nSPS) is 11.7. The molecule has 0 saturated heterocycles. The molecule has 1 aliphatic rings. The molecule has 14 aromatic carbocycles. The highest BCUT2D eigenvalue weighted by atomic mass is 127. The van der Waals surface area contributed by atoms with Crippen molar-refractivity contribution in [2.24, 2.45) is 0 Å². The van der Waals surface area contributed by atoms with E-state index in [2.05, 4.69) is 409 Å². The summed E-state index contributed by atoms with van der Waals surface area (Å²) < 4.78 is 12.8. The first-order valence-corrected chi connectivity index (χ1v) is 35.1. The predicted octanol–water partition coefficient (Wildman–Crippen LogP) is 26.2. The van der Waals surface area contributed by atoms with Crippen molar-refractivity contribution in [3.05, 3.63) is 348 Å². The van der Waals surface area contributed by atoms with Gasteiger partial charge in [-0.2, -0.15) is 0 Å². The van der Waals surface area contributed by atoms with Crippen LogP contribution in [0.5, 0.6) is 0 Å². The summed E-state index contributed by atoms with van der Waals surface area (Å²) in [4.78, 5) is 0. The van der Waals surface area contributed by atoms with Crippen molar-refractivity contribution in [1.29, 1.82) is 0 Å². The van der Waals surface area contributed by atoms with Crippen molar-refractivity contribution in [1.82, 2.24) is 13.7 Å². The number of para-hydroxylation sites is 3. The van der Waals surface area contributed by atoms with E-state index in [1.54, 1.807) is 0 Å². The van der Waals surface area contributed by atoms with Crippen LogP contribution in [-0.2, 0) is 6.42 Å². The highest BCUT2D eigenvalue weighted by molar-refractivity contribution is 14.1. The van der Waals surface area contributed by atoms with E-state index in [1.165, 1.54) is 141 Å². The third kappa shape index (κ3) is 11.2. The Balaban J connectivity index is 0.000000132. The summed E-state index contributed by atoms with van der Waals surface area (Å²) >= 11 is 16.5. The maximum absolute atomic E-state index is 3.75. The summed E-state index contributed by atoms with van der Waals surface area (Å²) in [5.41, 5.74) is 26.1. The van der Waals surface area contributed by atoms with Gasteiger partial charge in [-0.25, -0.2) is 0 Å². The van der Waals surface area contributed by atoms with Crippen LogP contribution >= 0.6 is 86.3 Å². The largest absolute Gasteiger partial charge is 0.309 e. The van der Waals surface area contributed by atoms with Crippen LogP contribution in [0.1, 0.15) is 11.1 Å². The van der Waals surface area contributed by atoms with Crippen LogP contribution in [0.3, 0.4) is 0 Å². The zero-order valence-corrected chi connectivity index (χ0v) is 58.5. The maximum Gasteiger partial charge on any atom is 0.0641 e. The van der Waals surface area contributed by atoms with Gasteiger partial charge in [-0.1, -0.05) is 276 Å². The second kappa shape index (κ2) is 25.2. The molecule has 3 nitrogen and oxygen atoms in total. The number of hydrogen-bond donors (Lipinski definition) is 0. The Kier molecular flexibility index (Phi) is 16.0. The number of nitrogens with zero attached hydrogens (tertiary/aromatic N) is 3. The Morgan fingerprint density at radius 3 is 1.22 bits per heavy atom. The van der Waals surface area contributed by atoms with E-state index in [9.17, 15) is 0 Å². The molecule has 93 heavy (non-hydrogen) atoms. The lowest BCUT2D eigenvalue weighted by Gasteiger charge is -2.12. The second-order valence-corrected chi connectivity index (χ2v) is 28.4. The Hall–Kier alpha value is -8.87. The lowest BCUT2D eigenvalue weighted by atomic mass is 9.99. The first kappa shape index (κ1) is 59.2. The van der Waals surface area contributed by atoms with Crippen molar-refractivity contribution in [3.8, 4) is 72.7 Å². The molecule has 1 aliphatic carbocycles. The SMILES string of the molecule is Brc1cc(Br)cc(-n2c3ccccc3c3ccc4c(c5ccccc5n4-c4cccc(-c5cccc(-c6ccccc6)c5)c4)c32)c1.Brc1cc(Br)cc(I)c1.c1ccc(-c2cccc(-c3cccc(-n4c5ccccc5c5c6c(ccc54)-c4ccccc4C6)c3)c2)cc1. The molecule has 0 fully saturated rings. The van der Waals surface area contributed by atoms with Gasteiger partial charge in [0.15, 0.2) is 0 Å². The monoisotopic (exact) mass is 1560 g/mol. The van der Waals surface area contributed by atoms with E-state index in [-0.39, 0.29) is 0 Å². The van der Waals surface area contributed by atoms with Gasteiger partial charge in [0, 0.05) is 70.8 Å². The minimum Gasteiger partial charge on any atom is -0.309 e. The smallest absolute Gasteiger partial charge is 0.0641 e. The van der Waals surface area contributed by atoms with Crippen molar-refractivity contribution < 1.29 is 0 Å². The minimum atomic E-state index is 0.989. The van der Waals surface area contributed by atoms with Crippen LogP contribution in [0.15, 0.2) is 333 Å².